The van der Waals surface area contributed by atoms with Crippen LogP contribution in [0.25, 0.3) is 11.4 Å². The minimum absolute atomic E-state index is 0.0480. The van der Waals surface area contributed by atoms with Crippen LogP contribution in [0.1, 0.15) is 24.9 Å². The zero-order valence-corrected chi connectivity index (χ0v) is 13.3. The molecule has 1 aliphatic rings. The maximum Gasteiger partial charge on any atom is 0.281 e. The van der Waals surface area contributed by atoms with Crippen LogP contribution < -0.4 is 10.6 Å². The van der Waals surface area contributed by atoms with Crippen LogP contribution in [0, 0.1) is 6.92 Å². The van der Waals surface area contributed by atoms with E-state index < -0.39 is 12.1 Å². The number of hydrogen-bond acceptors (Lipinski definition) is 8. The molecule has 3 rings (SSSR count). The van der Waals surface area contributed by atoms with Gasteiger partial charge in [-0.3, -0.25) is 0 Å². The van der Waals surface area contributed by atoms with Gasteiger partial charge in [-0.2, -0.15) is 9.97 Å². The van der Waals surface area contributed by atoms with Gasteiger partial charge in [0.15, 0.2) is 5.82 Å². The number of nitrogen functional groups attached to an aromatic ring is 1. The standard InChI is InChI=1S/C14H17F2N7O/c1-7-6-24-4-3-23(7)14-20-8(2)19-12(22-14)9-5-18-13(17)21-10(9)11(15)16/h5,7,11H,3-4,6H2,1-2H3,(H2,17,18,21)/t7-/m0/s1. The van der Waals surface area contributed by atoms with Crippen molar-refractivity contribution in [3.8, 4) is 11.4 Å². The molecule has 0 aromatic carbocycles. The van der Waals surface area contributed by atoms with Crippen molar-refractivity contribution < 1.29 is 13.5 Å². The van der Waals surface area contributed by atoms with Gasteiger partial charge in [-0.05, 0) is 13.8 Å². The van der Waals surface area contributed by atoms with Crippen LogP contribution in [0.4, 0.5) is 20.7 Å². The molecule has 1 fully saturated rings. The van der Waals surface area contributed by atoms with Crippen LogP contribution >= 0.6 is 0 Å². The molecule has 0 radical (unpaired) electrons. The summed E-state index contributed by atoms with van der Waals surface area (Å²) in [6.45, 7) is 5.38. The summed E-state index contributed by atoms with van der Waals surface area (Å²) in [4.78, 5) is 22.2. The number of rotatable bonds is 3. The Morgan fingerprint density at radius 1 is 1.29 bits per heavy atom. The smallest absolute Gasteiger partial charge is 0.281 e. The van der Waals surface area contributed by atoms with Gasteiger partial charge < -0.3 is 15.4 Å². The second kappa shape index (κ2) is 6.56. The third-order valence-electron chi connectivity index (χ3n) is 3.64. The minimum atomic E-state index is -2.81. The summed E-state index contributed by atoms with van der Waals surface area (Å²) in [6, 6.07) is 0.0747. The summed E-state index contributed by atoms with van der Waals surface area (Å²) in [5.74, 6) is 0.726. The van der Waals surface area contributed by atoms with Gasteiger partial charge in [-0.25, -0.2) is 23.7 Å². The SMILES string of the molecule is Cc1nc(-c2cnc(N)nc2C(F)F)nc(N2CCOC[C@@H]2C)n1. The topological polar surface area (TPSA) is 103 Å². The first kappa shape index (κ1) is 16.4. The van der Waals surface area contributed by atoms with Crippen LogP contribution in [0.2, 0.25) is 0 Å². The van der Waals surface area contributed by atoms with Gasteiger partial charge in [0, 0.05) is 12.7 Å². The number of anilines is 2. The van der Waals surface area contributed by atoms with Crippen LogP contribution in [0.3, 0.4) is 0 Å². The summed E-state index contributed by atoms with van der Waals surface area (Å²) < 4.78 is 31.9. The minimum Gasteiger partial charge on any atom is -0.377 e. The molecule has 2 aromatic heterocycles. The van der Waals surface area contributed by atoms with E-state index in [4.69, 9.17) is 10.5 Å². The number of hydrogen-bond donors (Lipinski definition) is 1. The van der Waals surface area contributed by atoms with Crippen molar-refractivity contribution in [3.05, 3.63) is 17.7 Å². The quantitative estimate of drug-likeness (QED) is 0.896. The van der Waals surface area contributed by atoms with Crippen LogP contribution in [0.5, 0.6) is 0 Å². The summed E-state index contributed by atoms with van der Waals surface area (Å²) in [6.07, 6.45) is -1.60. The number of ether oxygens (including phenoxy) is 1. The fourth-order valence-corrected chi connectivity index (χ4v) is 2.49. The molecule has 2 aromatic rings. The Morgan fingerprint density at radius 2 is 2.08 bits per heavy atom. The average Bonchev–Trinajstić information content (AvgIpc) is 2.54. The van der Waals surface area contributed by atoms with Gasteiger partial charge >= 0.3 is 0 Å². The van der Waals surface area contributed by atoms with Crippen LogP contribution in [-0.4, -0.2) is 50.7 Å². The Bertz CT molecular complexity index is 743. The molecule has 0 amide bonds. The predicted octanol–water partition coefficient (Wildman–Crippen LogP) is 1.38. The lowest BCUT2D eigenvalue weighted by Gasteiger charge is -2.33. The molecule has 3 heterocycles. The molecule has 0 spiro atoms. The van der Waals surface area contributed by atoms with Gasteiger partial charge in [0.25, 0.3) is 6.43 Å². The number of halogens is 2. The van der Waals surface area contributed by atoms with Gasteiger partial charge in [-0.1, -0.05) is 0 Å². The van der Waals surface area contributed by atoms with Gasteiger partial charge in [-0.15, -0.1) is 0 Å². The number of alkyl halides is 2. The molecule has 0 aliphatic carbocycles. The van der Waals surface area contributed by atoms with E-state index in [2.05, 4.69) is 24.9 Å². The van der Waals surface area contributed by atoms with Crippen molar-refractivity contribution in [2.24, 2.45) is 0 Å². The first-order valence-electron chi connectivity index (χ1n) is 7.43. The average molecular weight is 337 g/mol. The molecular weight excluding hydrogens is 320 g/mol. The molecule has 1 atom stereocenters. The molecule has 1 aliphatic heterocycles. The van der Waals surface area contributed by atoms with Gasteiger partial charge in [0.2, 0.25) is 11.9 Å². The molecule has 10 heteroatoms. The fraction of sp³-hybridized carbons (Fsp3) is 0.500. The second-order valence-corrected chi connectivity index (χ2v) is 5.45. The van der Waals surface area contributed by atoms with Crippen molar-refractivity contribution in [1.29, 1.82) is 0 Å². The highest BCUT2D eigenvalue weighted by molar-refractivity contribution is 5.59. The van der Waals surface area contributed by atoms with E-state index in [-0.39, 0.29) is 23.4 Å². The number of aryl methyl sites for hydroxylation is 1. The molecule has 1 saturated heterocycles. The zero-order chi connectivity index (χ0) is 17.3. The van der Waals surface area contributed by atoms with E-state index >= 15 is 0 Å². The Kier molecular flexibility index (Phi) is 4.47. The lowest BCUT2D eigenvalue weighted by Crippen LogP contribution is -2.44. The Balaban J connectivity index is 2.06. The normalized spacial score (nSPS) is 18.2. The Hall–Kier alpha value is -2.49. The predicted molar refractivity (Wildman–Crippen MR) is 82.6 cm³/mol. The first-order valence-corrected chi connectivity index (χ1v) is 7.43. The maximum absolute atomic E-state index is 13.3. The number of aromatic nitrogens is 5. The van der Waals surface area contributed by atoms with E-state index in [9.17, 15) is 8.78 Å². The molecule has 0 saturated carbocycles. The van der Waals surface area contributed by atoms with Gasteiger partial charge in [0.05, 0.1) is 24.8 Å². The Morgan fingerprint density at radius 3 is 2.79 bits per heavy atom. The number of morpholine rings is 1. The molecule has 0 bridgehead atoms. The highest BCUT2D eigenvalue weighted by Crippen LogP contribution is 2.28. The van der Waals surface area contributed by atoms with Crippen LogP contribution in [-0.2, 0) is 4.74 Å². The van der Waals surface area contributed by atoms with Crippen LogP contribution in [0.15, 0.2) is 6.20 Å². The molecule has 2 N–H and O–H groups in total. The highest BCUT2D eigenvalue weighted by atomic mass is 19.3. The van der Waals surface area contributed by atoms with Crippen molar-refractivity contribution in [2.45, 2.75) is 26.3 Å². The second-order valence-electron chi connectivity index (χ2n) is 5.45. The third-order valence-corrected chi connectivity index (χ3v) is 3.64. The molecular formula is C14H17F2N7O. The van der Waals surface area contributed by atoms with E-state index in [1.807, 2.05) is 11.8 Å². The van der Waals surface area contributed by atoms with E-state index in [0.29, 0.717) is 31.5 Å². The number of nitrogens with two attached hydrogens (primary N) is 1. The lowest BCUT2D eigenvalue weighted by molar-refractivity contribution is 0.0980. The lowest BCUT2D eigenvalue weighted by atomic mass is 10.2. The molecule has 8 nitrogen and oxygen atoms in total. The fourth-order valence-electron chi connectivity index (χ4n) is 2.49. The van der Waals surface area contributed by atoms with E-state index in [1.54, 1.807) is 6.92 Å². The first-order chi connectivity index (χ1) is 11.5. The molecule has 128 valence electrons. The summed E-state index contributed by atoms with van der Waals surface area (Å²) in [5, 5.41) is 0. The van der Waals surface area contributed by atoms with Crippen molar-refractivity contribution >= 4 is 11.9 Å². The zero-order valence-electron chi connectivity index (χ0n) is 13.3. The summed E-state index contributed by atoms with van der Waals surface area (Å²) in [5.41, 5.74) is 4.96. The summed E-state index contributed by atoms with van der Waals surface area (Å²) >= 11 is 0. The van der Waals surface area contributed by atoms with Crippen molar-refractivity contribution in [1.82, 2.24) is 24.9 Å². The number of nitrogens with zero attached hydrogens (tertiary/aromatic N) is 6. The Labute approximate surface area is 137 Å². The molecule has 0 unspecified atom stereocenters. The monoisotopic (exact) mass is 337 g/mol. The molecule has 24 heavy (non-hydrogen) atoms. The largest absolute Gasteiger partial charge is 0.377 e. The van der Waals surface area contributed by atoms with Crippen molar-refractivity contribution in [2.75, 3.05) is 30.4 Å². The third kappa shape index (κ3) is 3.23. The maximum atomic E-state index is 13.3. The highest BCUT2D eigenvalue weighted by Gasteiger charge is 2.24. The van der Waals surface area contributed by atoms with E-state index in [1.165, 1.54) is 6.20 Å². The van der Waals surface area contributed by atoms with E-state index in [0.717, 1.165) is 0 Å². The summed E-state index contributed by atoms with van der Waals surface area (Å²) in [7, 11) is 0. The van der Waals surface area contributed by atoms with Gasteiger partial charge in [0.1, 0.15) is 11.5 Å². The van der Waals surface area contributed by atoms with Crippen molar-refractivity contribution in [3.63, 3.8) is 0 Å².